The zero-order chi connectivity index (χ0) is 24.2. The molecule has 0 unspecified atom stereocenters. The second kappa shape index (κ2) is 9.80. The molecule has 8 nitrogen and oxygen atoms in total. The van der Waals surface area contributed by atoms with Gasteiger partial charge in [-0.15, -0.1) is 0 Å². The van der Waals surface area contributed by atoms with Crippen LogP contribution in [0.25, 0.3) is 22.6 Å². The molecule has 9 heteroatoms. The van der Waals surface area contributed by atoms with Gasteiger partial charge in [0.1, 0.15) is 5.52 Å². The van der Waals surface area contributed by atoms with Gasteiger partial charge in [-0.05, 0) is 72.6 Å². The average Bonchev–Trinajstić information content (AvgIpc) is 3.27. The molecule has 0 fully saturated rings. The Morgan fingerprint density at radius 1 is 1.15 bits per heavy atom. The van der Waals surface area contributed by atoms with Crippen molar-refractivity contribution in [2.24, 2.45) is 0 Å². The van der Waals surface area contributed by atoms with Crippen molar-refractivity contribution in [1.29, 1.82) is 0 Å². The van der Waals surface area contributed by atoms with Crippen molar-refractivity contribution in [2.75, 3.05) is 5.32 Å². The van der Waals surface area contributed by atoms with Crippen LogP contribution < -0.4 is 10.6 Å². The maximum absolute atomic E-state index is 12.3. The smallest absolute Gasteiger partial charge is 0.270 e. The topological polar surface area (TPSA) is 110 Å². The lowest BCUT2D eigenvalue weighted by Crippen LogP contribution is -2.34. The van der Waals surface area contributed by atoms with Gasteiger partial charge in [-0.25, -0.2) is 4.98 Å². The Bertz CT molecular complexity index is 1380. The maximum Gasteiger partial charge on any atom is 0.270 e. The molecule has 0 aliphatic heterocycles. The second-order valence-electron chi connectivity index (χ2n) is 7.85. The number of nitro groups is 1. The summed E-state index contributed by atoms with van der Waals surface area (Å²) in [5.41, 5.74) is 4.21. The number of non-ortho nitro benzene ring substituents is 1. The number of carbonyl (C=O) groups is 1. The largest absolute Gasteiger partial charge is 0.436 e. The van der Waals surface area contributed by atoms with E-state index in [0.717, 1.165) is 23.1 Å². The Balaban J connectivity index is 1.42. The summed E-state index contributed by atoms with van der Waals surface area (Å²) in [6, 6.07) is 18.8. The fourth-order valence-corrected chi connectivity index (χ4v) is 3.62. The lowest BCUT2D eigenvalue weighted by atomic mass is 9.98. The molecule has 1 aromatic heterocycles. The minimum Gasteiger partial charge on any atom is -0.436 e. The molecule has 0 saturated heterocycles. The van der Waals surface area contributed by atoms with E-state index in [4.69, 9.17) is 16.6 Å². The zero-order valence-electron chi connectivity index (χ0n) is 18.6. The first-order valence-corrected chi connectivity index (χ1v) is 11.1. The van der Waals surface area contributed by atoms with Gasteiger partial charge in [0.2, 0.25) is 5.89 Å². The van der Waals surface area contributed by atoms with Gasteiger partial charge in [-0.2, -0.15) is 0 Å². The highest BCUT2D eigenvalue weighted by molar-refractivity contribution is 7.80. The molecule has 0 aliphatic rings. The highest BCUT2D eigenvalue weighted by Gasteiger charge is 2.14. The number of fused-ring (bicyclic) bond motifs is 1. The number of hydrogen-bond donors (Lipinski definition) is 2. The van der Waals surface area contributed by atoms with Gasteiger partial charge in [-0.3, -0.25) is 20.2 Å². The van der Waals surface area contributed by atoms with Gasteiger partial charge in [0.05, 0.1) is 4.92 Å². The van der Waals surface area contributed by atoms with Crippen LogP contribution in [0, 0.1) is 10.1 Å². The summed E-state index contributed by atoms with van der Waals surface area (Å²) in [5.74, 6) is 0.432. The Morgan fingerprint density at radius 2 is 1.91 bits per heavy atom. The molecule has 3 aromatic carbocycles. The van der Waals surface area contributed by atoms with Crippen LogP contribution in [-0.2, 0) is 0 Å². The minimum absolute atomic E-state index is 0.0729. The molecule has 0 bridgehead atoms. The molecule has 4 aromatic rings. The number of rotatable bonds is 6. The fourth-order valence-electron chi connectivity index (χ4n) is 3.40. The van der Waals surface area contributed by atoms with Crippen LogP contribution in [-0.4, -0.2) is 20.9 Å². The summed E-state index contributed by atoms with van der Waals surface area (Å²) >= 11 is 5.20. The molecule has 0 radical (unpaired) electrons. The van der Waals surface area contributed by atoms with E-state index in [2.05, 4.69) is 41.6 Å². The van der Waals surface area contributed by atoms with E-state index >= 15 is 0 Å². The van der Waals surface area contributed by atoms with Gasteiger partial charge >= 0.3 is 0 Å². The third kappa shape index (κ3) is 5.10. The van der Waals surface area contributed by atoms with Crippen molar-refractivity contribution in [1.82, 2.24) is 10.3 Å². The highest BCUT2D eigenvalue weighted by atomic mass is 32.1. The molecular weight excluding hydrogens is 452 g/mol. The zero-order valence-corrected chi connectivity index (χ0v) is 19.4. The van der Waals surface area contributed by atoms with Crippen LogP contribution in [0.15, 0.2) is 71.1 Å². The normalized spacial score (nSPS) is 11.7. The number of nitrogens with one attached hydrogen (secondary N) is 2. The standard InChI is InChI=1S/C25H22N4O4S/c1-3-15(2)17-9-12-22-21(14-17)27-24(33-22)16-7-10-19(11-8-16)26-25(34)28-23(30)18-5-4-6-20(13-18)29(31)32/h4-15H,3H2,1-2H3,(H2,26,28,30,34)/t15-/m1/s1. The SMILES string of the molecule is CC[C@@H](C)c1ccc2oc(-c3ccc(NC(=S)NC(=O)c4cccc([N+](=O)[O-])c4)cc3)nc2c1. The lowest BCUT2D eigenvalue weighted by Gasteiger charge is -2.10. The summed E-state index contributed by atoms with van der Waals surface area (Å²) < 4.78 is 5.91. The van der Waals surface area contributed by atoms with Gasteiger partial charge in [-0.1, -0.05) is 26.0 Å². The number of nitro benzene ring substituents is 1. The van der Waals surface area contributed by atoms with Crippen molar-refractivity contribution in [2.45, 2.75) is 26.2 Å². The number of hydrogen-bond acceptors (Lipinski definition) is 6. The van der Waals surface area contributed by atoms with E-state index in [9.17, 15) is 14.9 Å². The van der Waals surface area contributed by atoms with Crippen molar-refractivity contribution in [3.8, 4) is 11.5 Å². The van der Waals surface area contributed by atoms with E-state index in [-0.39, 0.29) is 16.4 Å². The van der Waals surface area contributed by atoms with Gasteiger partial charge < -0.3 is 9.73 Å². The second-order valence-corrected chi connectivity index (χ2v) is 8.26. The molecule has 4 rings (SSSR count). The van der Waals surface area contributed by atoms with Crippen LogP contribution >= 0.6 is 12.2 Å². The number of benzene rings is 3. The number of carbonyl (C=O) groups excluding carboxylic acids is 1. The summed E-state index contributed by atoms with van der Waals surface area (Å²) in [5, 5.41) is 16.4. The highest BCUT2D eigenvalue weighted by Crippen LogP contribution is 2.28. The molecule has 0 aliphatic carbocycles. The first-order valence-electron chi connectivity index (χ1n) is 10.7. The molecule has 2 N–H and O–H groups in total. The fraction of sp³-hybridized carbons (Fsp3) is 0.160. The third-order valence-corrected chi connectivity index (χ3v) is 5.73. The van der Waals surface area contributed by atoms with E-state index in [0.29, 0.717) is 17.5 Å². The van der Waals surface area contributed by atoms with E-state index in [1.54, 1.807) is 12.1 Å². The van der Waals surface area contributed by atoms with Gasteiger partial charge in [0.15, 0.2) is 10.7 Å². The predicted molar refractivity (Wildman–Crippen MR) is 135 cm³/mol. The predicted octanol–water partition coefficient (Wildman–Crippen LogP) is 6.04. The van der Waals surface area contributed by atoms with Crippen LogP contribution in [0.5, 0.6) is 0 Å². The maximum atomic E-state index is 12.3. The van der Waals surface area contributed by atoms with Crippen LogP contribution in [0.3, 0.4) is 0 Å². The number of amides is 1. The number of nitrogens with zero attached hydrogens (tertiary/aromatic N) is 2. The van der Waals surface area contributed by atoms with Crippen molar-refractivity contribution < 1.29 is 14.1 Å². The monoisotopic (exact) mass is 474 g/mol. The van der Waals surface area contributed by atoms with Gasteiger partial charge in [0.25, 0.3) is 11.6 Å². The van der Waals surface area contributed by atoms with Crippen LogP contribution in [0.1, 0.15) is 42.1 Å². The first kappa shape index (κ1) is 23.1. The number of aromatic nitrogens is 1. The van der Waals surface area contributed by atoms with E-state index in [1.165, 1.54) is 29.8 Å². The number of oxazole rings is 1. The Labute approximate surface area is 201 Å². The van der Waals surface area contributed by atoms with Crippen molar-refractivity contribution in [3.05, 3.63) is 88.0 Å². The minimum atomic E-state index is -0.559. The molecule has 1 atom stereocenters. The third-order valence-electron chi connectivity index (χ3n) is 5.53. The molecule has 0 spiro atoms. The summed E-state index contributed by atoms with van der Waals surface area (Å²) in [6.45, 7) is 4.34. The van der Waals surface area contributed by atoms with E-state index < -0.39 is 10.8 Å². The number of anilines is 1. The molecule has 172 valence electrons. The summed E-state index contributed by atoms with van der Waals surface area (Å²) in [6.07, 6.45) is 1.05. The lowest BCUT2D eigenvalue weighted by molar-refractivity contribution is -0.384. The van der Waals surface area contributed by atoms with Gasteiger partial charge in [0, 0.05) is 28.9 Å². The molecular formula is C25H22N4O4S. The Morgan fingerprint density at radius 3 is 2.62 bits per heavy atom. The summed E-state index contributed by atoms with van der Waals surface area (Å²) in [7, 11) is 0. The molecule has 34 heavy (non-hydrogen) atoms. The van der Waals surface area contributed by atoms with Crippen LogP contribution in [0.4, 0.5) is 11.4 Å². The first-order chi connectivity index (χ1) is 16.3. The molecule has 1 amide bonds. The average molecular weight is 475 g/mol. The quantitative estimate of drug-likeness (QED) is 0.199. The number of thiocarbonyl (C=S) groups is 1. The molecule has 1 heterocycles. The summed E-state index contributed by atoms with van der Waals surface area (Å²) in [4.78, 5) is 27.3. The molecule has 0 saturated carbocycles. The van der Waals surface area contributed by atoms with Crippen molar-refractivity contribution in [3.63, 3.8) is 0 Å². The Kier molecular flexibility index (Phi) is 6.65. The Hall–Kier alpha value is -4.11. The van der Waals surface area contributed by atoms with Crippen LogP contribution in [0.2, 0.25) is 0 Å². The van der Waals surface area contributed by atoms with E-state index in [1.807, 2.05) is 18.2 Å². The van der Waals surface area contributed by atoms with Crippen molar-refractivity contribution >= 4 is 45.7 Å².